The number of nitrogens with zero attached hydrogens (tertiary/aromatic N) is 3. The van der Waals surface area contributed by atoms with E-state index >= 15 is 0 Å². The highest BCUT2D eigenvalue weighted by molar-refractivity contribution is 6.12. The van der Waals surface area contributed by atoms with Gasteiger partial charge in [-0.3, -0.25) is 15.2 Å². The molecule has 0 atom stereocenters. The molecular weight excluding hydrogens is 426 g/mol. The first-order chi connectivity index (χ1) is 16.3. The van der Waals surface area contributed by atoms with Gasteiger partial charge in [0.1, 0.15) is 5.84 Å². The van der Waals surface area contributed by atoms with Gasteiger partial charge in [-0.15, -0.1) is 0 Å². The van der Waals surface area contributed by atoms with Crippen molar-refractivity contribution in [3.05, 3.63) is 51.7 Å². The Morgan fingerprint density at radius 3 is 2.59 bits per heavy atom. The SMILES string of the molecule is CN=C(C=C(C)C)c1ccc2c(c1C)CCCN2C(=N)C1=C(NC2COC2)CCN(C(C)=O)C1. The average molecular weight is 464 g/mol. The summed E-state index contributed by atoms with van der Waals surface area (Å²) in [6, 6.07) is 4.58. The Bertz CT molecular complexity index is 1080. The van der Waals surface area contributed by atoms with E-state index in [-0.39, 0.29) is 5.91 Å². The van der Waals surface area contributed by atoms with Gasteiger partial charge in [-0.2, -0.15) is 0 Å². The fraction of sp³-hybridized carbons (Fsp3) is 0.519. The van der Waals surface area contributed by atoms with Gasteiger partial charge < -0.3 is 19.9 Å². The Labute approximate surface area is 203 Å². The molecule has 2 N–H and O–H groups in total. The normalized spacial score (nSPS) is 18.9. The van der Waals surface area contributed by atoms with Gasteiger partial charge in [0.15, 0.2) is 0 Å². The van der Waals surface area contributed by atoms with E-state index in [1.165, 1.54) is 16.7 Å². The van der Waals surface area contributed by atoms with Gasteiger partial charge in [-0.1, -0.05) is 11.6 Å². The molecule has 0 aromatic heterocycles. The molecule has 34 heavy (non-hydrogen) atoms. The lowest BCUT2D eigenvalue weighted by Gasteiger charge is -2.39. The zero-order chi connectivity index (χ0) is 24.4. The van der Waals surface area contributed by atoms with Crippen LogP contribution in [-0.4, -0.2) is 68.3 Å². The predicted octanol–water partition coefficient (Wildman–Crippen LogP) is 3.60. The van der Waals surface area contributed by atoms with Crippen LogP contribution >= 0.6 is 0 Å². The second-order valence-corrected chi connectivity index (χ2v) is 9.70. The van der Waals surface area contributed by atoms with E-state index in [1.54, 1.807) is 6.92 Å². The minimum absolute atomic E-state index is 0.0570. The first kappa shape index (κ1) is 24.2. The number of nitrogens with one attached hydrogen (secondary N) is 2. The number of hydrogen-bond donors (Lipinski definition) is 2. The monoisotopic (exact) mass is 463 g/mol. The second-order valence-electron chi connectivity index (χ2n) is 9.70. The molecule has 182 valence electrons. The van der Waals surface area contributed by atoms with Crippen molar-refractivity contribution in [2.24, 2.45) is 4.99 Å². The maximum Gasteiger partial charge on any atom is 0.219 e. The molecule has 7 heteroatoms. The van der Waals surface area contributed by atoms with Crippen LogP contribution in [-0.2, 0) is 16.0 Å². The van der Waals surface area contributed by atoms with E-state index in [9.17, 15) is 10.2 Å². The number of hydrogen-bond acceptors (Lipinski definition) is 5. The maximum absolute atomic E-state index is 12.2. The quantitative estimate of drug-likeness (QED) is 0.516. The van der Waals surface area contributed by atoms with Crippen LogP contribution < -0.4 is 10.2 Å². The van der Waals surface area contributed by atoms with Gasteiger partial charge in [0, 0.05) is 56.0 Å². The van der Waals surface area contributed by atoms with E-state index in [0.717, 1.165) is 54.0 Å². The molecule has 0 saturated carbocycles. The summed E-state index contributed by atoms with van der Waals surface area (Å²) in [7, 11) is 1.84. The van der Waals surface area contributed by atoms with Crippen LogP contribution in [0, 0.1) is 12.3 Å². The number of fused-ring (bicyclic) bond motifs is 1. The van der Waals surface area contributed by atoms with Gasteiger partial charge in [-0.25, -0.2) is 0 Å². The molecule has 7 nitrogen and oxygen atoms in total. The van der Waals surface area contributed by atoms with Crippen molar-refractivity contribution in [3.8, 4) is 0 Å². The number of rotatable bonds is 5. The number of carbonyl (C=O) groups excluding carboxylic acids is 1. The molecular formula is C27H37N5O2. The molecule has 3 aliphatic heterocycles. The highest BCUT2D eigenvalue weighted by Gasteiger charge is 2.31. The summed E-state index contributed by atoms with van der Waals surface area (Å²) >= 11 is 0. The van der Waals surface area contributed by atoms with E-state index in [1.807, 2.05) is 11.9 Å². The highest BCUT2D eigenvalue weighted by Crippen LogP contribution is 2.34. The maximum atomic E-state index is 12.2. The van der Waals surface area contributed by atoms with Gasteiger partial charge in [0.25, 0.3) is 0 Å². The zero-order valence-corrected chi connectivity index (χ0v) is 21.1. The summed E-state index contributed by atoms with van der Waals surface area (Å²) in [5.41, 5.74) is 9.00. The average Bonchev–Trinajstić information content (AvgIpc) is 2.79. The second kappa shape index (κ2) is 10.1. The molecule has 0 aliphatic carbocycles. The fourth-order valence-corrected chi connectivity index (χ4v) is 5.03. The third-order valence-electron chi connectivity index (χ3n) is 6.98. The van der Waals surface area contributed by atoms with Gasteiger partial charge in [0.2, 0.25) is 5.91 Å². The van der Waals surface area contributed by atoms with E-state index < -0.39 is 0 Å². The fourth-order valence-electron chi connectivity index (χ4n) is 5.03. The minimum Gasteiger partial charge on any atom is -0.381 e. The van der Waals surface area contributed by atoms with Crippen LogP contribution in [0.4, 0.5) is 5.69 Å². The summed E-state index contributed by atoms with van der Waals surface area (Å²) in [5.74, 6) is 0.553. The predicted molar refractivity (Wildman–Crippen MR) is 138 cm³/mol. The van der Waals surface area contributed by atoms with E-state index in [2.05, 4.69) is 54.2 Å². The van der Waals surface area contributed by atoms with Crippen molar-refractivity contribution in [3.63, 3.8) is 0 Å². The molecule has 0 spiro atoms. The Hall–Kier alpha value is -2.93. The minimum atomic E-state index is 0.0570. The lowest BCUT2D eigenvalue weighted by molar-refractivity contribution is -0.128. The van der Waals surface area contributed by atoms with Crippen molar-refractivity contribution in [1.82, 2.24) is 10.2 Å². The summed E-state index contributed by atoms with van der Waals surface area (Å²) < 4.78 is 5.34. The Balaban J connectivity index is 1.69. The van der Waals surface area contributed by atoms with Crippen LogP contribution in [0.2, 0.25) is 0 Å². The number of allylic oxidation sites excluding steroid dienone is 2. The Morgan fingerprint density at radius 1 is 1.21 bits per heavy atom. The third-order valence-corrected chi connectivity index (χ3v) is 6.98. The smallest absolute Gasteiger partial charge is 0.219 e. The molecule has 1 saturated heterocycles. The number of carbonyl (C=O) groups is 1. The highest BCUT2D eigenvalue weighted by atomic mass is 16.5. The van der Waals surface area contributed by atoms with Crippen LogP contribution in [0.15, 0.2) is 40.0 Å². The number of anilines is 1. The lowest BCUT2D eigenvalue weighted by Crippen LogP contribution is -2.50. The Kier molecular flexibility index (Phi) is 7.22. The molecule has 1 fully saturated rings. The van der Waals surface area contributed by atoms with Gasteiger partial charge >= 0.3 is 0 Å². The van der Waals surface area contributed by atoms with Crippen LogP contribution in [0.1, 0.15) is 50.3 Å². The molecule has 3 heterocycles. The largest absolute Gasteiger partial charge is 0.381 e. The summed E-state index contributed by atoms with van der Waals surface area (Å²) in [6.07, 6.45) is 4.85. The third kappa shape index (κ3) is 4.80. The van der Waals surface area contributed by atoms with Gasteiger partial charge in [-0.05, 0) is 56.9 Å². The van der Waals surface area contributed by atoms with Crippen LogP contribution in [0.3, 0.4) is 0 Å². The standard InChI is InChI=1S/C27H37N5O2/c1-17(2)13-25(29-5)21-8-9-26-22(18(21)3)7-6-11-32(26)27(28)23-14-31(19(4)33)12-10-24(23)30-20-15-34-16-20/h8-9,13,20,28,30H,6-7,10-12,14-16H2,1-5H3. The zero-order valence-electron chi connectivity index (χ0n) is 21.1. The van der Waals surface area contributed by atoms with Crippen molar-refractivity contribution in [2.45, 2.75) is 53.0 Å². The number of benzene rings is 1. The molecule has 1 amide bonds. The number of ether oxygens (including phenoxy) is 1. The molecule has 4 rings (SSSR count). The van der Waals surface area contributed by atoms with E-state index in [0.29, 0.717) is 38.2 Å². The number of amides is 1. The first-order valence-corrected chi connectivity index (χ1v) is 12.2. The molecule has 3 aliphatic rings. The van der Waals surface area contributed by atoms with Crippen molar-refractivity contribution < 1.29 is 9.53 Å². The van der Waals surface area contributed by atoms with Crippen molar-refractivity contribution >= 4 is 23.1 Å². The van der Waals surface area contributed by atoms with Gasteiger partial charge in [0.05, 0.1) is 31.5 Å². The molecule has 1 aromatic carbocycles. The van der Waals surface area contributed by atoms with Crippen LogP contribution in [0.25, 0.3) is 0 Å². The number of aliphatic imine (C=N–C) groups is 1. The summed E-state index contributed by atoms with van der Waals surface area (Å²) in [6.45, 7) is 11.3. The number of amidine groups is 1. The van der Waals surface area contributed by atoms with Crippen LogP contribution in [0.5, 0.6) is 0 Å². The topological polar surface area (TPSA) is 81.0 Å². The first-order valence-electron chi connectivity index (χ1n) is 12.2. The van der Waals surface area contributed by atoms with E-state index in [4.69, 9.17) is 4.74 Å². The Morgan fingerprint density at radius 2 is 1.97 bits per heavy atom. The molecule has 0 radical (unpaired) electrons. The molecule has 1 aromatic rings. The van der Waals surface area contributed by atoms with Crippen molar-refractivity contribution in [2.75, 3.05) is 44.8 Å². The summed E-state index contributed by atoms with van der Waals surface area (Å²) in [4.78, 5) is 20.7. The lowest BCUT2D eigenvalue weighted by atomic mass is 9.90. The molecule has 0 unspecified atom stereocenters. The molecule has 0 bridgehead atoms. The summed E-state index contributed by atoms with van der Waals surface area (Å²) in [5, 5.41) is 12.8. The van der Waals surface area contributed by atoms with Crippen molar-refractivity contribution in [1.29, 1.82) is 5.41 Å².